The van der Waals surface area contributed by atoms with E-state index in [1.807, 2.05) is 26.8 Å². The van der Waals surface area contributed by atoms with E-state index in [-0.39, 0.29) is 17.5 Å². The summed E-state index contributed by atoms with van der Waals surface area (Å²) in [6, 6.07) is 3.97. The first-order valence-corrected chi connectivity index (χ1v) is 9.53. The molecular formula is C20H29N5O2. The minimum absolute atomic E-state index is 0.107. The molecule has 1 aromatic heterocycles. The number of urea groups is 1. The molecule has 2 heterocycles. The smallest absolute Gasteiger partial charge is 0.317 e. The van der Waals surface area contributed by atoms with Crippen LogP contribution in [0.25, 0.3) is 6.08 Å². The van der Waals surface area contributed by atoms with Crippen molar-refractivity contribution in [3.05, 3.63) is 28.6 Å². The van der Waals surface area contributed by atoms with Gasteiger partial charge in [0.05, 0.1) is 0 Å². The van der Waals surface area contributed by atoms with E-state index in [4.69, 9.17) is 0 Å². The molecule has 1 aromatic rings. The highest BCUT2D eigenvalue weighted by Crippen LogP contribution is 2.19. The maximum Gasteiger partial charge on any atom is 0.317 e. The summed E-state index contributed by atoms with van der Waals surface area (Å²) in [6.45, 7) is 11.4. The molecule has 2 rings (SSSR count). The van der Waals surface area contributed by atoms with Gasteiger partial charge >= 0.3 is 6.03 Å². The molecule has 1 aliphatic rings. The molecule has 27 heavy (non-hydrogen) atoms. The van der Waals surface area contributed by atoms with Crippen LogP contribution >= 0.6 is 0 Å². The van der Waals surface area contributed by atoms with E-state index in [0.29, 0.717) is 32.7 Å². The van der Waals surface area contributed by atoms with E-state index >= 15 is 0 Å². The fourth-order valence-electron chi connectivity index (χ4n) is 3.38. The number of amides is 3. The molecule has 7 heteroatoms. The average molecular weight is 371 g/mol. The molecule has 0 atom stereocenters. The molecule has 1 aliphatic heterocycles. The standard InChI is InChI=1S/C20H29N5O2/c1-5-7-25-15(3)12-17(16(25)4)13-18(14-21)19(26)23-8-10-24(11-9-23)20(27)22-6-2/h12-13H,5-11H2,1-4H3,(H,22,27)/b18-13+. The normalized spacial score (nSPS) is 14.9. The van der Waals surface area contributed by atoms with E-state index < -0.39 is 0 Å². The van der Waals surface area contributed by atoms with Crippen LogP contribution in [0.3, 0.4) is 0 Å². The number of nitrogens with one attached hydrogen (secondary N) is 1. The Balaban J connectivity index is 2.11. The Morgan fingerprint density at radius 2 is 1.81 bits per heavy atom. The third-order valence-corrected chi connectivity index (χ3v) is 4.89. The topological polar surface area (TPSA) is 81.4 Å². The zero-order valence-electron chi connectivity index (χ0n) is 16.7. The van der Waals surface area contributed by atoms with Crippen molar-refractivity contribution in [2.24, 2.45) is 0 Å². The second-order valence-corrected chi connectivity index (χ2v) is 6.76. The number of aromatic nitrogens is 1. The van der Waals surface area contributed by atoms with Crippen LogP contribution in [0.2, 0.25) is 0 Å². The summed E-state index contributed by atoms with van der Waals surface area (Å²) in [5.41, 5.74) is 3.24. The summed E-state index contributed by atoms with van der Waals surface area (Å²) < 4.78 is 2.20. The second kappa shape index (κ2) is 9.26. The molecule has 7 nitrogen and oxygen atoms in total. The molecule has 1 N–H and O–H groups in total. The van der Waals surface area contributed by atoms with Gasteiger partial charge in [0.25, 0.3) is 5.91 Å². The first kappa shape index (κ1) is 20.6. The number of aryl methyl sites for hydroxylation is 1. The molecule has 1 saturated heterocycles. The predicted molar refractivity (Wildman–Crippen MR) is 105 cm³/mol. The maximum atomic E-state index is 12.8. The van der Waals surface area contributed by atoms with Gasteiger partial charge in [0, 0.05) is 50.7 Å². The summed E-state index contributed by atoms with van der Waals surface area (Å²) in [4.78, 5) is 28.0. The van der Waals surface area contributed by atoms with Crippen molar-refractivity contribution in [3.8, 4) is 6.07 Å². The molecule has 0 radical (unpaired) electrons. The van der Waals surface area contributed by atoms with Gasteiger partial charge < -0.3 is 19.7 Å². The van der Waals surface area contributed by atoms with Crippen molar-refractivity contribution in [2.75, 3.05) is 32.7 Å². The SMILES string of the molecule is CCCn1c(C)cc(/C=C(\C#N)C(=O)N2CCN(C(=O)NCC)CC2)c1C. The molecule has 0 aliphatic carbocycles. The lowest BCUT2D eigenvalue weighted by molar-refractivity contribution is -0.128. The van der Waals surface area contributed by atoms with Crippen LogP contribution in [0.15, 0.2) is 11.6 Å². The third-order valence-electron chi connectivity index (χ3n) is 4.89. The van der Waals surface area contributed by atoms with Crippen molar-refractivity contribution in [1.29, 1.82) is 5.26 Å². The van der Waals surface area contributed by atoms with Gasteiger partial charge in [0.1, 0.15) is 11.6 Å². The van der Waals surface area contributed by atoms with E-state index in [1.54, 1.807) is 15.9 Å². The van der Waals surface area contributed by atoms with Gasteiger partial charge in [-0.1, -0.05) is 6.92 Å². The van der Waals surface area contributed by atoms with Gasteiger partial charge in [-0.2, -0.15) is 5.26 Å². The van der Waals surface area contributed by atoms with Crippen LogP contribution in [-0.2, 0) is 11.3 Å². The summed E-state index contributed by atoms with van der Waals surface area (Å²) >= 11 is 0. The monoisotopic (exact) mass is 371 g/mol. The zero-order chi connectivity index (χ0) is 20.0. The van der Waals surface area contributed by atoms with Crippen molar-refractivity contribution in [3.63, 3.8) is 0 Å². The maximum absolute atomic E-state index is 12.8. The first-order chi connectivity index (χ1) is 12.9. The Morgan fingerprint density at radius 3 is 2.37 bits per heavy atom. The summed E-state index contributed by atoms with van der Waals surface area (Å²) in [6.07, 6.45) is 2.71. The molecule has 1 fully saturated rings. The van der Waals surface area contributed by atoms with Crippen LogP contribution < -0.4 is 5.32 Å². The minimum atomic E-state index is -0.270. The Morgan fingerprint density at radius 1 is 1.19 bits per heavy atom. The summed E-state index contributed by atoms with van der Waals surface area (Å²) in [7, 11) is 0. The summed E-state index contributed by atoms with van der Waals surface area (Å²) in [5.74, 6) is -0.270. The molecule has 3 amide bonds. The van der Waals surface area contributed by atoms with Crippen LogP contribution in [0, 0.1) is 25.2 Å². The molecule has 0 aromatic carbocycles. The number of carbonyl (C=O) groups excluding carboxylic acids is 2. The van der Waals surface area contributed by atoms with Gasteiger partial charge in [-0.3, -0.25) is 4.79 Å². The average Bonchev–Trinajstić information content (AvgIpc) is 2.93. The second-order valence-electron chi connectivity index (χ2n) is 6.76. The van der Waals surface area contributed by atoms with Crippen LogP contribution in [0.5, 0.6) is 0 Å². The lowest BCUT2D eigenvalue weighted by atomic mass is 10.1. The fourth-order valence-corrected chi connectivity index (χ4v) is 3.38. The number of nitriles is 1. The number of hydrogen-bond donors (Lipinski definition) is 1. The number of rotatable bonds is 5. The van der Waals surface area contributed by atoms with E-state index in [1.165, 1.54) is 0 Å². The van der Waals surface area contributed by atoms with Crippen molar-refractivity contribution in [2.45, 2.75) is 40.7 Å². The number of hydrogen-bond acceptors (Lipinski definition) is 3. The van der Waals surface area contributed by atoms with Crippen molar-refractivity contribution >= 4 is 18.0 Å². The van der Waals surface area contributed by atoms with Crippen LogP contribution in [-0.4, -0.2) is 59.0 Å². The van der Waals surface area contributed by atoms with Gasteiger partial charge in [-0.05, 0) is 44.9 Å². The highest BCUT2D eigenvalue weighted by atomic mass is 16.2. The van der Waals surface area contributed by atoms with Gasteiger partial charge in [0.2, 0.25) is 0 Å². The van der Waals surface area contributed by atoms with E-state index in [9.17, 15) is 14.9 Å². The molecular weight excluding hydrogens is 342 g/mol. The Bertz CT molecular complexity index is 764. The molecule has 0 saturated carbocycles. The summed E-state index contributed by atoms with van der Waals surface area (Å²) in [5, 5.41) is 12.3. The quantitative estimate of drug-likeness (QED) is 0.637. The van der Waals surface area contributed by atoms with Crippen LogP contribution in [0.4, 0.5) is 4.79 Å². The molecule has 146 valence electrons. The van der Waals surface area contributed by atoms with Crippen molar-refractivity contribution < 1.29 is 9.59 Å². The highest BCUT2D eigenvalue weighted by molar-refractivity contribution is 6.02. The molecule has 0 unspecified atom stereocenters. The third kappa shape index (κ3) is 4.70. The van der Waals surface area contributed by atoms with Gasteiger partial charge in [-0.15, -0.1) is 0 Å². The number of piperazine rings is 1. The van der Waals surface area contributed by atoms with Crippen molar-refractivity contribution in [1.82, 2.24) is 19.7 Å². The Kier molecular flexibility index (Phi) is 7.05. The predicted octanol–water partition coefficient (Wildman–Crippen LogP) is 2.30. The first-order valence-electron chi connectivity index (χ1n) is 9.53. The number of nitrogens with zero attached hydrogens (tertiary/aromatic N) is 4. The highest BCUT2D eigenvalue weighted by Gasteiger charge is 2.26. The lowest BCUT2D eigenvalue weighted by Crippen LogP contribution is -2.53. The van der Waals surface area contributed by atoms with E-state index in [2.05, 4.69) is 22.9 Å². The van der Waals surface area contributed by atoms with Gasteiger partial charge in [0.15, 0.2) is 0 Å². The minimum Gasteiger partial charge on any atom is -0.349 e. The largest absolute Gasteiger partial charge is 0.349 e. The lowest BCUT2D eigenvalue weighted by Gasteiger charge is -2.34. The molecule has 0 bridgehead atoms. The van der Waals surface area contributed by atoms with Gasteiger partial charge in [-0.25, -0.2) is 4.79 Å². The fraction of sp³-hybridized carbons (Fsp3) is 0.550. The Labute approximate surface area is 161 Å². The Hall–Kier alpha value is -2.75. The van der Waals surface area contributed by atoms with Crippen LogP contribution in [0.1, 0.15) is 37.2 Å². The molecule has 0 spiro atoms. The van der Waals surface area contributed by atoms with E-state index in [0.717, 1.165) is 29.9 Å². The number of carbonyl (C=O) groups is 2. The zero-order valence-corrected chi connectivity index (χ0v) is 16.7.